The molecule has 88 valence electrons. The van der Waals surface area contributed by atoms with Gasteiger partial charge in [-0.05, 0) is 37.7 Å². The van der Waals surface area contributed by atoms with Crippen molar-refractivity contribution in [2.24, 2.45) is 11.8 Å². The van der Waals surface area contributed by atoms with Crippen molar-refractivity contribution < 1.29 is 9.84 Å². The van der Waals surface area contributed by atoms with Crippen molar-refractivity contribution in [1.82, 2.24) is 4.98 Å². The molecule has 1 aliphatic rings. The predicted molar refractivity (Wildman–Crippen MR) is 62.3 cm³/mol. The normalized spacial score (nSPS) is 19.2. The number of hydrogen-bond acceptors (Lipinski definition) is 3. The highest BCUT2D eigenvalue weighted by molar-refractivity contribution is 5.25. The monoisotopic (exact) mass is 221 g/mol. The minimum Gasteiger partial charge on any atom is -0.492 e. The zero-order chi connectivity index (χ0) is 11.5. The number of hydrogen-bond donors (Lipinski definition) is 1. The van der Waals surface area contributed by atoms with Crippen molar-refractivity contribution in [3.05, 3.63) is 24.0 Å². The van der Waals surface area contributed by atoms with E-state index in [0.29, 0.717) is 18.4 Å². The fraction of sp³-hybridized carbons (Fsp3) is 0.615. The fourth-order valence-corrected chi connectivity index (χ4v) is 2.03. The summed E-state index contributed by atoms with van der Waals surface area (Å²) in [6.07, 6.45) is 5.49. The summed E-state index contributed by atoms with van der Waals surface area (Å²) in [4.78, 5) is 4.10. The lowest BCUT2D eigenvalue weighted by Gasteiger charge is -2.18. The Labute approximate surface area is 96.5 Å². The van der Waals surface area contributed by atoms with Gasteiger partial charge >= 0.3 is 0 Å². The molecule has 3 heteroatoms. The molecule has 1 fully saturated rings. The van der Waals surface area contributed by atoms with E-state index in [1.807, 2.05) is 13.0 Å². The third kappa shape index (κ3) is 2.53. The van der Waals surface area contributed by atoms with Crippen LogP contribution in [0.2, 0.25) is 0 Å². The first-order valence-corrected chi connectivity index (χ1v) is 5.98. The first-order valence-electron chi connectivity index (χ1n) is 5.98. The molecular formula is C13H19NO2. The molecular weight excluding hydrogens is 202 g/mol. The van der Waals surface area contributed by atoms with Crippen molar-refractivity contribution in [2.45, 2.75) is 32.8 Å². The Balaban J connectivity index is 2.09. The van der Waals surface area contributed by atoms with Gasteiger partial charge in [0.05, 0.1) is 18.9 Å². The molecule has 1 heterocycles. The number of pyridine rings is 1. The zero-order valence-corrected chi connectivity index (χ0v) is 9.89. The number of aliphatic hydroxyl groups is 1. The molecule has 0 amide bonds. The molecule has 2 atom stereocenters. The summed E-state index contributed by atoms with van der Waals surface area (Å²) >= 11 is 0. The Hall–Kier alpha value is -1.09. The molecule has 3 nitrogen and oxygen atoms in total. The van der Waals surface area contributed by atoms with E-state index in [1.54, 1.807) is 12.4 Å². The molecule has 0 bridgehead atoms. The van der Waals surface area contributed by atoms with Crippen LogP contribution < -0.4 is 4.74 Å². The summed E-state index contributed by atoms with van der Waals surface area (Å²) in [5, 5.41) is 10.2. The average molecular weight is 221 g/mol. The van der Waals surface area contributed by atoms with Crippen molar-refractivity contribution in [3.63, 3.8) is 0 Å². The Morgan fingerprint density at radius 2 is 2.25 bits per heavy atom. The Bertz CT molecular complexity index is 350. The van der Waals surface area contributed by atoms with Gasteiger partial charge in [-0.1, -0.05) is 6.92 Å². The van der Waals surface area contributed by atoms with E-state index in [-0.39, 0.29) is 0 Å². The smallest absolute Gasteiger partial charge is 0.137 e. The molecule has 1 N–H and O–H groups in total. The van der Waals surface area contributed by atoms with Gasteiger partial charge in [0.25, 0.3) is 0 Å². The maximum absolute atomic E-state index is 10.2. The molecule has 1 saturated carbocycles. The third-order valence-electron chi connectivity index (χ3n) is 3.25. The predicted octanol–water partition coefficient (Wildman–Crippen LogP) is 2.56. The van der Waals surface area contributed by atoms with Crippen LogP contribution in [0.15, 0.2) is 18.5 Å². The highest BCUT2D eigenvalue weighted by Crippen LogP contribution is 2.42. The van der Waals surface area contributed by atoms with E-state index in [1.165, 1.54) is 12.8 Å². The lowest BCUT2D eigenvalue weighted by Crippen LogP contribution is -2.11. The lowest BCUT2D eigenvalue weighted by molar-refractivity contribution is 0.105. The Morgan fingerprint density at radius 3 is 2.88 bits per heavy atom. The second-order valence-electron chi connectivity index (χ2n) is 4.53. The van der Waals surface area contributed by atoms with E-state index in [9.17, 15) is 5.11 Å². The SMILES string of the molecule is CCOc1cncc(C(O)C(C)C2CC2)c1. The summed E-state index contributed by atoms with van der Waals surface area (Å²) < 4.78 is 5.38. The van der Waals surface area contributed by atoms with Gasteiger partial charge < -0.3 is 9.84 Å². The van der Waals surface area contributed by atoms with Crippen molar-refractivity contribution in [1.29, 1.82) is 0 Å². The maximum Gasteiger partial charge on any atom is 0.137 e. The van der Waals surface area contributed by atoms with Gasteiger partial charge in [-0.25, -0.2) is 0 Å². The van der Waals surface area contributed by atoms with Gasteiger partial charge in [0.15, 0.2) is 0 Å². The van der Waals surface area contributed by atoms with Gasteiger partial charge in [0.1, 0.15) is 5.75 Å². The van der Waals surface area contributed by atoms with Crippen LogP contribution in [-0.2, 0) is 0 Å². The van der Waals surface area contributed by atoms with Crippen LogP contribution in [0.1, 0.15) is 38.4 Å². The van der Waals surface area contributed by atoms with Crippen LogP contribution in [0.4, 0.5) is 0 Å². The molecule has 2 rings (SSSR count). The summed E-state index contributed by atoms with van der Waals surface area (Å²) in [6, 6.07) is 1.89. The van der Waals surface area contributed by atoms with Crippen LogP contribution in [0.5, 0.6) is 5.75 Å². The van der Waals surface area contributed by atoms with Crippen molar-refractivity contribution in [3.8, 4) is 5.75 Å². The molecule has 1 aromatic heterocycles. The number of rotatable bonds is 5. The largest absolute Gasteiger partial charge is 0.492 e. The average Bonchev–Trinajstić information content (AvgIpc) is 3.12. The summed E-state index contributed by atoms with van der Waals surface area (Å²) in [5.74, 6) is 1.74. The van der Waals surface area contributed by atoms with Crippen molar-refractivity contribution >= 4 is 0 Å². The molecule has 1 aromatic rings. The highest BCUT2D eigenvalue weighted by Gasteiger charge is 2.33. The zero-order valence-electron chi connectivity index (χ0n) is 9.89. The molecule has 0 aliphatic heterocycles. The van der Waals surface area contributed by atoms with E-state index in [4.69, 9.17) is 4.74 Å². The summed E-state index contributed by atoms with van der Waals surface area (Å²) in [5.41, 5.74) is 0.866. The van der Waals surface area contributed by atoms with Crippen LogP contribution in [-0.4, -0.2) is 16.7 Å². The topological polar surface area (TPSA) is 42.4 Å². The third-order valence-corrected chi connectivity index (χ3v) is 3.25. The van der Waals surface area contributed by atoms with Gasteiger partial charge in [-0.15, -0.1) is 0 Å². The Morgan fingerprint density at radius 1 is 1.50 bits per heavy atom. The fourth-order valence-electron chi connectivity index (χ4n) is 2.03. The highest BCUT2D eigenvalue weighted by atomic mass is 16.5. The van der Waals surface area contributed by atoms with E-state index < -0.39 is 6.10 Å². The second kappa shape index (κ2) is 4.83. The molecule has 1 aliphatic carbocycles. The molecule has 0 radical (unpaired) electrons. The Kier molecular flexibility index (Phi) is 3.44. The number of nitrogens with zero attached hydrogens (tertiary/aromatic N) is 1. The van der Waals surface area contributed by atoms with Crippen LogP contribution >= 0.6 is 0 Å². The van der Waals surface area contributed by atoms with E-state index in [2.05, 4.69) is 11.9 Å². The van der Waals surface area contributed by atoms with Gasteiger partial charge in [0.2, 0.25) is 0 Å². The molecule has 2 unspecified atom stereocenters. The maximum atomic E-state index is 10.2. The van der Waals surface area contributed by atoms with Crippen molar-refractivity contribution in [2.75, 3.05) is 6.61 Å². The van der Waals surface area contributed by atoms with Gasteiger partial charge in [-0.2, -0.15) is 0 Å². The molecule has 0 aromatic carbocycles. The minimum absolute atomic E-state index is 0.318. The van der Waals surface area contributed by atoms with E-state index in [0.717, 1.165) is 11.3 Å². The van der Waals surface area contributed by atoms with Gasteiger partial charge in [0, 0.05) is 11.8 Å². The molecule has 0 spiro atoms. The number of aliphatic hydroxyl groups excluding tert-OH is 1. The first kappa shape index (κ1) is 11.4. The van der Waals surface area contributed by atoms with Crippen LogP contribution in [0, 0.1) is 11.8 Å². The quantitative estimate of drug-likeness (QED) is 0.831. The summed E-state index contributed by atoms with van der Waals surface area (Å²) in [6.45, 7) is 4.67. The van der Waals surface area contributed by atoms with Gasteiger partial charge in [-0.3, -0.25) is 4.98 Å². The second-order valence-corrected chi connectivity index (χ2v) is 4.53. The number of aromatic nitrogens is 1. The minimum atomic E-state index is -0.416. The lowest BCUT2D eigenvalue weighted by atomic mass is 9.94. The van der Waals surface area contributed by atoms with E-state index >= 15 is 0 Å². The van der Waals surface area contributed by atoms with Crippen LogP contribution in [0.25, 0.3) is 0 Å². The molecule has 0 saturated heterocycles. The summed E-state index contributed by atoms with van der Waals surface area (Å²) in [7, 11) is 0. The first-order chi connectivity index (χ1) is 7.72. The number of ether oxygens (including phenoxy) is 1. The molecule has 16 heavy (non-hydrogen) atoms. The van der Waals surface area contributed by atoms with Crippen LogP contribution in [0.3, 0.4) is 0 Å². The standard InChI is InChI=1S/C13H19NO2/c1-3-16-12-6-11(7-14-8-12)13(15)9(2)10-4-5-10/h6-10,13,15H,3-5H2,1-2H3.